The Bertz CT molecular complexity index is 971. The van der Waals surface area contributed by atoms with E-state index >= 15 is 0 Å². The summed E-state index contributed by atoms with van der Waals surface area (Å²) < 4.78 is 0. The van der Waals surface area contributed by atoms with E-state index in [-0.39, 0.29) is 17.5 Å². The minimum Gasteiger partial charge on any atom is -0.286 e. The van der Waals surface area contributed by atoms with Crippen LogP contribution in [0.3, 0.4) is 0 Å². The summed E-state index contributed by atoms with van der Waals surface area (Å²) in [6, 6.07) is 13.2. The Morgan fingerprint density at radius 3 is 2.57 bits per heavy atom. The van der Waals surface area contributed by atoms with Crippen LogP contribution in [0.4, 0.5) is 11.4 Å². The van der Waals surface area contributed by atoms with Crippen LogP contribution in [0.2, 0.25) is 5.02 Å². The van der Waals surface area contributed by atoms with Gasteiger partial charge in [0, 0.05) is 23.7 Å². The van der Waals surface area contributed by atoms with Gasteiger partial charge in [0.05, 0.1) is 15.5 Å². The molecule has 6 nitrogen and oxygen atoms in total. The fourth-order valence-electron chi connectivity index (χ4n) is 2.62. The number of nitro groups is 1. The number of non-ortho nitro benzene ring substituents is 1. The van der Waals surface area contributed by atoms with Crippen LogP contribution >= 0.6 is 23.4 Å². The monoisotopic (exact) mass is 415 g/mol. The minimum atomic E-state index is -0.452. The van der Waals surface area contributed by atoms with Gasteiger partial charge in [-0.15, -0.1) is 0 Å². The van der Waals surface area contributed by atoms with Crippen LogP contribution in [0.15, 0.2) is 58.4 Å². The molecule has 1 fully saturated rings. The maximum atomic E-state index is 12.9. The molecule has 0 N–H and O–H groups in total. The van der Waals surface area contributed by atoms with Crippen molar-refractivity contribution in [2.75, 3.05) is 6.54 Å². The standard InChI is InChI=1S/C20H18ClN3O3S/c1-13(2)12-23-19(25)18(10-14-6-8-17(9-7-14)24(26)27)28-20(23)22-16-5-3-4-15(21)11-16/h3-11,13H,12H2,1-2H3/b18-10+,22-20?. The van der Waals surface area contributed by atoms with Crippen molar-refractivity contribution in [1.82, 2.24) is 4.90 Å². The largest absolute Gasteiger partial charge is 0.286 e. The van der Waals surface area contributed by atoms with Gasteiger partial charge in [0.2, 0.25) is 0 Å². The second-order valence-electron chi connectivity index (χ2n) is 6.64. The Hall–Kier alpha value is -2.64. The molecule has 3 rings (SSSR count). The first-order valence-corrected chi connectivity index (χ1v) is 9.83. The zero-order valence-electron chi connectivity index (χ0n) is 15.3. The molecule has 0 bridgehead atoms. The van der Waals surface area contributed by atoms with Crippen molar-refractivity contribution in [1.29, 1.82) is 0 Å². The molecular weight excluding hydrogens is 398 g/mol. The van der Waals surface area contributed by atoms with E-state index in [1.165, 1.54) is 23.9 Å². The number of hydrogen-bond donors (Lipinski definition) is 0. The van der Waals surface area contributed by atoms with Crippen molar-refractivity contribution in [3.8, 4) is 0 Å². The van der Waals surface area contributed by atoms with Gasteiger partial charge in [0.25, 0.3) is 11.6 Å². The minimum absolute atomic E-state index is 0.0113. The average molecular weight is 416 g/mol. The number of thioether (sulfide) groups is 1. The number of nitrogens with zero attached hydrogens (tertiary/aromatic N) is 3. The van der Waals surface area contributed by atoms with Crippen LogP contribution in [0.1, 0.15) is 19.4 Å². The van der Waals surface area contributed by atoms with E-state index in [0.717, 1.165) is 5.56 Å². The van der Waals surface area contributed by atoms with Gasteiger partial charge in [0.15, 0.2) is 5.17 Å². The number of aliphatic imine (C=N–C) groups is 1. The fraction of sp³-hybridized carbons (Fsp3) is 0.200. The zero-order valence-corrected chi connectivity index (χ0v) is 16.9. The lowest BCUT2D eigenvalue weighted by molar-refractivity contribution is -0.384. The molecule has 1 aliphatic rings. The Morgan fingerprint density at radius 1 is 1.25 bits per heavy atom. The Labute approximate surface area is 172 Å². The van der Waals surface area contributed by atoms with E-state index in [4.69, 9.17) is 11.6 Å². The smallest absolute Gasteiger partial charge is 0.269 e. The highest BCUT2D eigenvalue weighted by molar-refractivity contribution is 8.18. The molecule has 28 heavy (non-hydrogen) atoms. The number of rotatable bonds is 5. The van der Waals surface area contributed by atoms with Crippen LogP contribution in [0.5, 0.6) is 0 Å². The SMILES string of the molecule is CC(C)CN1C(=O)/C(=C\c2ccc([N+](=O)[O-])cc2)SC1=Nc1cccc(Cl)c1. The zero-order chi connectivity index (χ0) is 20.3. The molecule has 144 valence electrons. The summed E-state index contributed by atoms with van der Waals surface area (Å²) in [6.07, 6.45) is 1.73. The van der Waals surface area contributed by atoms with Gasteiger partial charge in [-0.25, -0.2) is 4.99 Å². The first kappa shape index (κ1) is 20.1. The number of carbonyl (C=O) groups excluding carboxylic acids is 1. The third-order valence-electron chi connectivity index (χ3n) is 3.87. The molecule has 0 spiro atoms. The molecule has 0 atom stereocenters. The molecule has 0 aliphatic carbocycles. The maximum absolute atomic E-state index is 12.9. The van der Waals surface area contributed by atoms with Gasteiger partial charge in [-0.2, -0.15) is 0 Å². The van der Waals surface area contributed by atoms with E-state index in [2.05, 4.69) is 4.99 Å². The summed E-state index contributed by atoms with van der Waals surface area (Å²) in [5, 5.41) is 12.0. The molecule has 2 aromatic carbocycles. The van der Waals surface area contributed by atoms with Crippen molar-refractivity contribution >= 4 is 51.9 Å². The Morgan fingerprint density at radius 2 is 1.96 bits per heavy atom. The van der Waals surface area contributed by atoms with Gasteiger partial charge < -0.3 is 0 Å². The molecule has 0 aromatic heterocycles. The number of benzene rings is 2. The first-order valence-electron chi connectivity index (χ1n) is 8.63. The lowest BCUT2D eigenvalue weighted by Crippen LogP contribution is -2.32. The molecule has 1 amide bonds. The molecule has 0 unspecified atom stereocenters. The third-order valence-corrected chi connectivity index (χ3v) is 5.11. The van der Waals surface area contributed by atoms with Crippen LogP contribution in [0, 0.1) is 16.0 Å². The molecule has 2 aromatic rings. The summed E-state index contributed by atoms with van der Waals surface area (Å²) in [4.78, 5) is 30.0. The van der Waals surface area contributed by atoms with E-state index < -0.39 is 4.92 Å². The number of carbonyl (C=O) groups is 1. The van der Waals surface area contributed by atoms with Crippen LogP contribution < -0.4 is 0 Å². The van der Waals surface area contributed by atoms with Gasteiger partial charge in [0.1, 0.15) is 0 Å². The average Bonchev–Trinajstić information content (AvgIpc) is 2.90. The second kappa shape index (κ2) is 8.58. The van der Waals surface area contributed by atoms with Crippen molar-refractivity contribution in [2.24, 2.45) is 10.9 Å². The van der Waals surface area contributed by atoms with Gasteiger partial charge in [-0.1, -0.05) is 31.5 Å². The Balaban J connectivity index is 1.93. The summed E-state index contributed by atoms with van der Waals surface area (Å²) in [5.74, 6) is 0.144. The van der Waals surface area contributed by atoms with Crippen molar-refractivity contribution in [3.63, 3.8) is 0 Å². The van der Waals surface area contributed by atoms with Crippen molar-refractivity contribution in [3.05, 3.63) is 74.1 Å². The van der Waals surface area contributed by atoms with Gasteiger partial charge in [-0.3, -0.25) is 19.8 Å². The highest BCUT2D eigenvalue weighted by atomic mass is 35.5. The number of amidine groups is 1. The lowest BCUT2D eigenvalue weighted by Gasteiger charge is -2.17. The number of hydrogen-bond acceptors (Lipinski definition) is 5. The molecule has 1 aliphatic heterocycles. The molecule has 0 radical (unpaired) electrons. The van der Waals surface area contributed by atoms with Gasteiger partial charge in [-0.05, 0) is 59.7 Å². The van der Waals surface area contributed by atoms with E-state index in [9.17, 15) is 14.9 Å². The second-order valence-corrected chi connectivity index (χ2v) is 8.09. The van der Waals surface area contributed by atoms with E-state index in [0.29, 0.717) is 27.3 Å². The third kappa shape index (κ3) is 4.79. The summed E-state index contributed by atoms with van der Waals surface area (Å²) in [7, 11) is 0. The predicted octanol–water partition coefficient (Wildman–Crippen LogP) is 5.51. The van der Waals surface area contributed by atoms with Crippen LogP contribution in [-0.2, 0) is 4.79 Å². The van der Waals surface area contributed by atoms with Crippen LogP contribution in [-0.4, -0.2) is 27.4 Å². The van der Waals surface area contributed by atoms with Crippen molar-refractivity contribution < 1.29 is 9.72 Å². The van der Waals surface area contributed by atoms with E-state index in [1.807, 2.05) is 26.0 Å². The van der Waals surface area contributed by atoms with Crippen molar-refractivity contribution in [2.45, 2.75) is 13.8 Å². The summed E-state index contributed by atoms with van der Waals surface area (Å²) >= 11 is 7.32. The van der Waals surface area contributed by atoms with Crippen LogP contribution in [0.25, 0.3) is 6.08 Å². The molecular formula is C20H18ClN3O3S. The van der Waals surface area contributed by atoms with E-state index in [1.54, 1.807) is 35.2 Å². The number of halogens is 1. The highest BCUT2D eigenvalue weighted by Gasteiger charge is 2.33. The molecule has 8 heteroatoms. The Kier molecular flexibility index (Phi) is 6.16. The summed E-state index contributed by atoms with van der Waals surface area (Å²) in [6.45, 7) is 4.61. The number of amides is 1. The quantitative estimate of drug-likeness (QED) is 0.366. The molecule has 1 saturated heterocycles. The first-order chi connectivity index (χ1) is 13.3. The number of nitro benzene ring substituents is 1. The molecule has 0 saturated carbocycles. The topological polar surface area (TPSA) is 75.8 Å². The maximum Gasteiger partial charge on any atom is 0.269 e. The molecule has 1 heterocycles. The predicted molar refractivity (Wildman–Crippen MR) is 114 cm³/mol. The lowest BCUT2D eigenvalue weighted by atomic mass is 10.2. The fourth-order valence-corrected chi connectivity index (χ4v) is 3.81. The highest BCUT2D eigenvalue weighted by Crippen LogP contribution is 2.35. The normalized spacial score (nSPS) is 17.1. The van der Waals surface area contributed by atoms with Gasteiger partial charge >= 0.3 is 0 Å². The summed E-state index contributed by atoms with van der Waals surface area (Å²) in [5.41, 5.74) is 1.40.